The predicted molar refractivity (Wildman–Crippen MR) is 150 cm³/mol. The number of benzene rings is 1. The largest absolute Gasteiger partial charge is 0.379 e. The molecule has 0 aromatic heterocycles. The molecule has 2 N–H and O–H groups in total. The maximum Gasteiger partial charge on any atom is 0.220 e. The number of hydrogen-bond acceptors (Lipinski definition) is 5. The third-order valence-corrected chi connectivity index (χ3v) is 9.18. The van der Waals surface area contributed by atoms with Crippen LogP contribution in [-0.4, -0.2) is 66.8 Å². The smallest absolute Gasteiger partial charge is 0.220 e. The number of fused-ring (bicyclic) bond motifs is 1. The van der Waals surface area contributed by atoms with Crippen LogP contribution >= 0.6 is 11.6 Å². The molecule has 37 heavy (non-hydrogen) atoms. The number of amidine groups is 1. The Morgan fingerprint density at radius 2 is 1.92 bits per heavy atom. The number of aliphatic imine (C=N–C) groups is 1. The monoisotopic (exact) mass is 532 g/mol. The van der Waals surface area contributed by atoms with Crippen LogP contribution < -0.4 is 10.4 Å². The van der Waals surface area contributed by atoms with E-state index < -0.39 is 0 Å². The van der Waals surface area contributed by atoms with Gasteiger partial charge in [-0.05, 0) is 108 Å². The summed E-state index contributed by atoms with van der Waals surface area (Å²) in [7, 11) is 1.80. The van der Waals surface area contributed by atoms with E-state index in [-0.39, 0.29) is 11.5 Å². The van der Waals surface area contributed by atoms with Crippen molar-refractivity contribution in [2.24, 2.45) is 16.8 Å². The highest BCUT2D eigenvalue weighted by Gasteiger charge is 2.32. The van der Waals surface area contributed by atoms with E-state index in [2.05, 4.69) is 29.1 Å². The fourth-order valence-corrected chi connectivity index (χ4v) is 6.29. The minimum absolute atomic E-state index is 0.00510. The van der Waals surface area contributed by atoms with Gasteiger partial charge in [0.15, 0.2) is 5.84 Å². The van der Waals surface area contributed by atoms with Gasteiger partial charge in [-0.3, -0.25) is 15.0 Å². The van der Waals surface area contributed by atoms with E-state index in [0.717, 1.165) is 74.7 Å². The molecule has 4 rings (SSSR count). The normalized spacial score (nSPS) is 28.8. The van der Waals surface area contributed by atoms with Crippen molar-refractivity contribution >= 4 is 29.0 Å². The van der Waals surface area contributed by atoms with Crippen molar-refractivity contribution in [1.29, 1.82) is 0 Å². The van der Waals surface area contributed by atoms with Crippen molar-refractivity contribution in [3.63, 3.8) is 0 Å². The van der Waals surface area contributed by atoms with E-state index in [9.17, 15) is 10.0 Å². The third kappa shape index (κ3) is 7.47. The molecule has 1 aliphatic heterocycles. The molecule has 1 aromatic rings. The molecule has 0 radical (unpaired) electrons. The number of carbonyl (C=O) groups is 1. The predicted octanol–water partition coefficient (Wildman–Crippen LogP) is 5.67. The lowest BCUT2D eigenvalue weighted by molar-refractivity contribution is -0.124. The molecule has 206 valence electrons. The Morgan fingerprint density at radius 1 is 1.19 bits per heavy atom. The first-order valence-electron chi connectivity index (χ1n) is 14.2. The van der Waals surface area contributed by atoms with Gasteiger partial charge in [0.2, 0.25) is 5.91 Å². The van der Waals surface area contributed by atoms with E-state index >= 15 is 0 Å². The SMILES string of the molecule is CCN(CCN=C1c2ccc(Cl)cc2N1O)CCC1CCC(NC(=O)CC2CCC(C)(OC)CC2)CC1. The number of likely N-dealkylation sites (N-methyl/N-ethyl adjacent to an activating group) is 1. The van der Waals surface area contributed by atoms with Crippen LogP contribution in [0.5, 0.6) is 0 Å². The Bertz CT molecular complexity index is 939. The number of carbonyl (C=O) groups excluding carboxylic acids is 1. The quantitative estimate of drug-likeness (QED) is 0.384. The zero-order valence-electron chi connectivity index (χ0n) is 22.8. The summed E-state index contributed by atoms with van der Waals surface area (Å²) in [4.78, 5) is 19.7. The number of ether oxygens (including phenoxy) is 1. The summed E-state index contributed by atoms with van der Waals surface area (Å²) >= 11 is 6.00. The summed E-state index contributed by atoms with van der Waals surface area (Å²) in [6.45, 7) is 7.99. The fraction of sp³-hybridized carbons (Fsp3) is 0.724. The third-order valence-electron chi connectivity index (χ3n) is 8.95. The van der Waals surface area contributed by atoms with Crippen molar-refractivity contribution in [2.45, 2.75) is 89.7 Å². The average molecular weight is 533 g/mol. The van der Waals surface area contributed by atoms with Crippen LogP contribution in [0.15, 0.2) is 23.2 Å². The number of amides is 1. The minimum Gasteiger partial charge on any atom is -0.379 e. The highest BCUT2D eigenvalue weighted by atomic mass is 35.5. The van der Waals surface area contributed by atoms with Gasteiger partial charge in [0.1, 0.15) is 0 Å². The zero-order valence-corrected chi connectivity index (χ0v) is 23.6. The number of anilines is 1. The summed E-state index contributed by atoms with van der Waals surface area (Å²) in [5.74, 6) is 2.10. The molecular weight excluding hydrogens is 488 g/mol. The molecule has 1 aromatic carbocycles. The van der Waals surface area contributed by atoms with Crippen molar-refractivity contribution in [3.05, 3.63) is 28.8 Å². The van der Waals surface area contributed by atoms with Crippen molar-refractivity contribution in [2.75, 3.05) is 38.4 Å². The van der Waals surface area contributed by atoms with Gasteiger partial charge in [-0.1, -0.05) is 18.5 Å². The molecule has 3 aliphatic rings. The van der Waals surface area contributed by atoms with Crippen LogP contribution in [0.1, 0.15) is 83.6 Å². The second-order valence-electron chi connectivity index (χ2n) is 11.5. The maximum absolute atomic E-state index is 12.6. The lowest BCUT2D eigenvalue weighted by atomic mass is 9.78. The van der Waals surface area contributed by atoms with Crippen LogP contribution in [-0.2, 0) is 9.53 Å². The number of nitrogens with zero attached hydrogens (tertiary/aromatic N) is 3. The Labute approximate surface area is 227 Å². The summed E-state index contributed by atoms with van der Waals surface area (Å²) in [6, 6.07) is 5.83. The summed E-state index contributed by atoms with van der Waals surface area (Å²) in [5, 5.41) is 15.2. The highest BCUT2D eigenvalue weighted by molar-refractivity contribution is 6.32. The molecule has 1 heterocycles. The Hall–Kier alpha value is -1.67. The number of methoxy groups -OCH3 is 1. The van der Waals surface area contributed by atoms with Gasteiger partial charge in [0.05, 0.1) is 17.8 Å². The summed E-state index contributed by atoms with van der Waals surface area (Å²) in [6.07, 6.45) is 10.7. The lowest BCUT2D eigenvalue weighted by Crippen LogP contribution is -2.40. The standard InChI is InChI=1S/C29H45ClN4O3/c1-4-33(18-16-31-28-25-10-7-23(30)20-26(25)34(28)36)17-13-21-5-8-24(9-6-21)32-27(35)19-22-11-14-29(2,37-3)15-12-22/h7,10,20-22,24,36H,4-6,8-9,11-19H2,1-3H3,(H,32,35). The van der Waals surface area contributed by atoms with Gasteiger partial charge >= 0.3 is 0 Å². The van der Waals surface area contributed by atoms with E-state index in [1.165, 1.54) is 19.3 Å². The first-order chi connectivity index (χ1) is 17.8. The van der Waals surface area contributed by atoms with Crippen LogP contribution in [0.2, 0.25) is 5.02 Å². The maximum atomic E-state index is 12.6. The average Bonchev–Trinajstić information content (AvgIpc) is 2.90. The Morgan fingerprint density at radius 3 is 2.59 bits per heavy atom. The molecular formula is C29H45ClN4O3. The molecule has 0 spiro atoms. The Kier molecular flexibility index (Phi) is 9.90. The van der Waals surface area contributed by atoms with Gasteiger partial charge in [-0.2, -0.15) is 0 Å². The fourth-order valence-electron chi connectivity index (χ4n) is 6.13. The van der Waals surface area contributed by atoms with Crippen molar-refractivity contribution in [1.82, 2.24) is 10.2 Å². The number of rotatable bonds is 11. The molecule has 1 amide bonds. The van der Waals surface area contributed by atoms with Gasteiger partial charge < -0.3 is 15.0 Å². The molecule has 0 atom stereocenters. The zero-order chi connectivity index (χ0) is 26.4. The molecule has 7 nitrogen and oxygen atoms in total. The molecule has 2 aliphatic carbocycles. The van der Waals surface area contributed by atoms with E-state index in [4.69, 9.17) is 16.3 Å². The number of nitrogens with one attached hydrogen (secondary N) is 1. The van der Waals surface area contributed by atoms with Gasteiger partial charge in [0, 0.05) is 36.7 Å². The van der Waals surface area contributed by atoms with Crippen LogP contribution in [0.25, 0.3) is 0 Å². The molecule has 8 heteroatoms. The lowest BCUT2D eigenvalue weighted by Gasteiger charge is -2.36. The first kappa shape index (κ1) is 28.3. The molecule has 0 saturated heterocycles. The number of hydrogen-bond donors (Lipinski definition) is 2. The van der Waals surface area contributed by atoms with Gasteiger partial charge in [-0.15, -0.1) is 0 Å². The Balaban J connectivity index is 1.11. The van der Waals surface area contributed by atoms with E-state index in [0.29, 0.717) is 41.5 Å². The van der Waals surface area contributed by atoms with Gasteiger partial charge in [-0.25, -0.2) is 5.06 Å². The molecule has 2 fully saturated rings. The van der Waals surface area contributed by atoms with Crippen molar-refractivity contribution < 1.29 is 14.7 Å². The molecule has 2 saturated carbocycles. The second-order valence-corrected chi connectivity index (χ2v) is 11.9. The van der Waals surface area contributed by atoms with E-state index in [1.54, 1.807) is 13.2 Å². The van der Waals surface area contributed by atoms with Crippen molar-refractivity contribution in [3.8, 4) is 0 Å². The number of halogens is 1. The topological polar surface area (TPSA) is 77.4 Å². The summed E-state index contributed by atoms with van der Waals surface area (Å²) < 4.78 is 5.64. The van der Waals surface area contributed by atoms with E-state index in [1.807, 2.05) is 12.1 Å². The van der Waals surface area contributed by atoms with Crippen LogP contribution in [0.4, 0.5) is 5.69 Å². The van der Waals surface area contributed by atoms with Crippen LogP contribution in [0, 0.1) is 11.8 Å². The van der Waals surface area contributed by atoms with Gasteiger partial charge in [0.25, 0.3) is 0 Å². The van der Waals surface area contributed by atoms with Crippen LogP contribution in [0.3, 0.4) is 0 Å². The summed E-state index contributed by atoms with van der Waals surface area (Å²) in [5.41, 5.74) is 1.67. The highest BCUT2D eigenvalue weighted by Crippen LogP contribution is 2.36. The number of hydroxylamine groups is 1. The molecule has 0 bridgehead atoms. The first-order valence-corrected chi connectivity index (χ1v) is 14.6. The second kappa shape index (κ2) is 12.9. The molecule has 0 unspecified atom stereocenters. The minimum atomic E-state index is 0.00510.